The molecule has 2 saturated heterocycles. The molecule has 10 atom stereocenters. The molecule has 0 spiro atoms. The summed E-state index contributed by atoms with van der Waals surface area (Å²) in [6.07, 6.45) is 4.61. The van der Waals surface area contributed by atoms with Gasteiger partial charge in [0.05, 0.1) is 24.2 Å². The lowest BCUT2D eigenvalue weighted by molar-refractivity contribution is -0.191. The Hall–Kier alpha value is -1.63. The highest BCUT2D eigenvalue weighted by molar-refractivity contribution is 6.08. The highest BCUT2D eigenvalue weighted by Crippen LogP contribution is 2.52. The highest BCUT2D eigenvalue weighted by atomic mass is 16.6. The van der Waals surface area contributed by atoms with Crippen LogP contribution in [0, 0.1) is 35.5 Å². The van der Waals surface area contributed by atoms with Crippen molar-refractivity contribution in [3.63, 3.8) is 0 Å². The molecule has 6 nitrogen and oxygen atoms in total. The molecule has 3 aliphatic heterocycles. The van der Waals surface area contributed by atoms with Crippen molar-refractivity contribution in [1.82, 2.24) is 0 Å². The van der Waals surface area contributed by atoms with Gasteiger partial charge in [0.1, 0.15) is 5.76 Å². The number of carbonyl (C=O) groups excluding carboxylic acids is 1. The fourth-order valence-electron chi connectivity index (χ4n) is 6.98. The predicted molar refractivity (Wildman–Crippen MR) is 134 cm³/mol. The first kappa shape index (κ1) is 26.4. The van der Waals surface area contributed by atoms with Crippen molar-refractivity contribution in [3.05, 3.63) is 34.3 Å². The Morgan fingerprint density at radius 3 is 2.43 bits per heavy atom. The van der Waals surface area contributed by atoms with Crippen molar-refractivity contribution in [2.24, 2.45) is 35.5 Å². The van der Waals surface area contributed by atoms with Crippen LogP contribution in [0.2, 0.25) is 0 Å². The van der Waals surface area contributed by atoms with Gasteiger partial charge in [-0.25, -0.2) is 0 Å². The summed E-state index contributed by atoms with van der Waals surface area (Å²) in [4.78, 5) is 13.1. The second-order valence-corrected chi connectivity index (χ2v) is 12.1. The van der Waals surface area contributed by atoms with Crippen molar-refractivity contribution < 1.29 is 29.6 Å². The fraction of sp³-hybridized carbons (Fsp3) is 0.759. The normalized spacial score (nSPS) is 46.8. The van der Waals surface area contributed by atoms with E-state index in [0.29, 0.717) is 28.7 Å². The lowest BCUT2D eigenvalue weighted by atomic mass is 9.72. The van der Waals surface area contributed by atoms with Gasteiger partial charge in [-0.3, -0.25) is 4.79 Å². The van der Waals surface area contributed by atoms with Gasteiger partial charge in [0.15, 0.2) is 5.76 Å². The first-order valence-electron chi connectivity index (χ1n) is 13.4. The Morgan fingerprint density at radius 1 is 1.06 bits per heavy atom. The summed E-state index contributed by atoms with van der Waals surface area (Å²) in [5.74, 6) is -2.02. The van der Waals surface area contributed by atoms with E-state index in [1.54, 1.807) is 6.92 Å². The van der Waals surface area contributed by atoms with Crippen LogP contribution in [0.3, 0.4) is 0 Å². The highest BCUT2D eigenvalue weighted by Gasteiger charge is 2.55. The van der Waals surface area contributed by atoms with Crippen molar-refractivity contribution in [2.75, 3.05) is 0 Å². The van der Waals surface area contributed by atoms with Gasteiger partial charge in [0, 0.05) is 35.3 Å². The van der Waals surface area contributed by atoms with Crippen LogP contribution >= 0.6 is 0 Å². The number of aliphatic hydroxyl groups is 3. The lowest BCUT2D eigenvalue weighted by Gasteiger charge is -2.45. The maximum absolute atomic E-state index is 13.1. The number of ether oxygens (including phenoxy) is 2. The molecule has 0 aromatic carbocycles. The first-order chi connectivity index (χ1) is 16.3. The van der Waals surface area contributed by atoms with Crippen molar-refractivity contribution in [3.8, 4) is 0 Å². The third-order valence-corrected chi connectivity index (χ3v) is 9.12. The van der Waals surface area contributed by atoms with Crippen LogP contribution in [0.4, 0.5) is 0 Å². The van der Waals surface area contributed by atoms with Gasteiger partial charge in [-0.2, -0.15) is 0 Å². The zero-order chi connectivity index (χ0) is 25.8. The Kier molecular flexibility index (Phi) is 7.31. The van der Waals surface area contributed by atoms with Gasteiger partial charge in [-0.05, 0) is 51.4 Å². The molecular weight excluding hydrogens is 444 g/mol. The molecule has 0 saturated carbocycles. The fourth-order valence-corrected chi connectivity index (χ4v) is 6.98. The summed E-state index contributed by atoms with van der Waals surface area (Å²) in [6.45, 7) is 14.2. The number of carbonyl (C=O) groups is 1. The molecule has 1 aliphatic carbocycles. The van der Waals surface area contributed by atoms with Crippen molar-refractivity contribution >= 4 is 5.78 Å². The van der Waals surface area contributed by atoms with Gasteiger partial charge < -0.3 is 24.8 Å². The van der Waals surface area contributed by atoms with E-state index in [1.165, 1.54) is 5.57 Å². The Labute approximate surface area is 210 Å². The summed E-state index contributed by atoms with van der Waals surface area (Å²) in [5.41, 5.74) is 2.15. The number of fused-ring (bicyclic) bond motifs is 4. The standard InChI is InChI=1S/C29H44O6/c1-14-8-9-22-18(5)24(30)19(6)28(34-22)23-21-13-29(33,17(4)12-16(3)11-15(2)10-14)35-27(21)20(7)25(31)26(23)32/h10,14,16-19,21-22,24,28,30,32-33H,8-9,11-13H2,1-7H3/b15-10+/t14-,16+,17-,18-,19+,21+,22+,24-,28+,29+/m0/s1. The molecule has 3 N–H and O–H groups in total. The average Bonchev–Trinajstić information content (AvgIpc) is 3.14. The van der Waals surface area contributed by atoms with Gasteiger partial charge in [-0.1, -0.05) is 46.3 Å². The van der Waals surface area contributed by atoms with Gasteiger partial charge >= 0.3 is 0 Å². The van der Waals surface area contributed by atoms with E-state index in [-0.39, 0.29) is 36.0 Å². The van der Waals surface area contributed by atoms with Gasteiger partial charge in [-0.15, -0.1) is 0 Å². The lowest BCUT2D eigenvalue weighted by Crippen LogP contribution is -2.51. The average molecular weight is 489 g/mol. The summed E-state index contributed by atoms with van der Waals surface area (Å²) < 4.78 is 12.8. The predicted octanol–water partition coefficient (Wildman–Crippen LogP) is 5.21. The van der Waals surface area contributed by atoms with Crippen molar-refractivity contribution in [1.29, 1.82) is 0 Å². The van der Waals surface area contributed by atoms with Crippen LogP contribution in [0.25, 0.3) is 0 Å². The van der Waals surface area contributed by atoms with E-state index in [2.05, 4.69) is 26.8 Å². The van der Waals surface area contributed by atoms with Crippen LogP contribution in [-0.4, -0.2) is 45.2 Å². The van der Waals surface area contributed by atoms with Gasteiger partial charge in [0.2, 0.25) is 11.6 Å². The summed E-state index contributed by atoms with van der Waals surface area (Å²) in [7, 11) is 0. The number of rotatable bonds is 0. The number of allylic oxidation sites excluding steroid dienone is 4. The zero-order valence-electron chi connectivity index (χ0n) is 22.4. The summed E-state index contributed by atoms with van der Waals surface area (Å²) in [6, 6.07) is 0. The minimum Gasteiger partial charge on any atom is -0.504 e. The van der Waals surface area contributed by atoms with E-state index in [1.807, 2.05) is 20.8 Å². The molecule has 3 heterocycles. The molecule has 0 aromatic rings. The molecule has 0 aromatic heterocycles. The number of Topliss-reactive ketones (excluding diaryl/α,β-unsaturated/α-hetero) is 1. The van der Waals surface area contributed by atoms with E-state index in [0.717, 1.165) is 25.7 Å². The van der Waals surface area contributed by atoms with Crippen LogP contribution in [0.1, 0.15) is 80.6 Å². The van der Waals surface area contributed by atoms with E-state index in [4.69, 9.17) is 9.47 Å². The van der Waals surface area contributed by atoms with Crippen LogP contribution in [-0.2, 0) is 14.3 Å². The minimum absolute atomic E-state index is 0.0620. The van der Waals surface area contributed by atoms with Crippen LogP contribution in [0.5, 0.6) is 0 Å². The minimum atomic E-state index is -1.43. The van der Waals surface area contributed by atoms with Crippen molar-refractivity contribution in [2.45, 2.75) is 105 Å². The number of hydrogen-bond acceptors (Lipinski definition) is 6. The Bertz CT molecular complexity index is 947. The topological polar surface area (TPSA) is 96.2 Å². The van der Waals surface area contributed by atoms with E-state index >= 15 is 0 Å². The largest absolute Gasteiger partial charge is 0.504 e. The molecule has 4 aliphatic rings. The maximum Gasteiger partial charge on any atom is 0.226 e. The molecule has 196 valence electrons. The van der Waals surface area contributed by atoms with Crippen LogP contribution < -0.4 is 0 Å². The van der Waals surface area contributed by atoms with Crippen LogP contribution in [0.15, 0.2) is 34.3 Å². The third-order valence-electron chi connectivity index (χ3n) is 9.12. The molecule has 0 radical (unpaired) electrons. The Morgan fingerprint density at radius 2 is 1.74 bits per heavy atom. The summed E-state index contributed by atoms with van der Waals surface area (Å²) >= 11 is 0. The maximum atomic E-state index is 13.1. The zero-order valence-corrected chi connectivity index (χ0v) is 22.4. The molecule has 2 fully saturated rings. The molecule has 4 rings (SSSR count). The van der Waals surface area contributed by atoms with E-state index < -0.39 is 29.7 Å². The smallest absolute Gasteiger partial charge is 0.226 e. The first-order valence-corrected chi connectivity index (χ1v) is 13.4. The molecule has 0 unspecified atom stereocenters. The molecule has 35 heavy (non-hydrogen) atoms. The monoisotopic (exact) mass is 488 g/mol. The quantitative estimate of drug-likeness (QED) is 0.405. The molecule has 6 heteroatoms. The second kappa shape index (κ2) is 9.68. The molecular formula is C29H44O6. The Balaban J connectivity index is 1.79. The molecule has 0 amide bonds. The SMILES string of the molecule is CC1=C2O[C@]3(O)C[C@@H]2C(=C(O)C1=O)[C@@H]1O[C@H](CC[C@H](C)/C=C(\C)C[C@@H](C)C[C@@H]3C)[C@H](C)[C@H](O)[C@H]1C. The van der Waals surface area contributed by atoms with E-state index in [9.17, 15) is 20.1 Å². The summed E-state index contributed by atoms with van der Waals surface area (Å²) in [5, 5.41) is 33.9. The van der Waals surface area contributed by atoms with Gasteiger partial charge in [0.25, 0.3) is 0 Å². The number of aliphatic hydroxyl groups excluding tert-OH is 2. The number of ketones is 1. The second-order valence-electron chi connectivity index (χ2n) is 12.1. The molecule has 4 bridgehead atoms. The number of hydrogen-bond donors (Lipinski definition) is 3. The third kappa shape index (κ3) is 4.74.